The van der Waals surface area contributed by atoms with Crippen molar-refractivity contribution < 1.29 is 14.3 Å². The van der Waals surface area contributed by atoms with Gasteiger partial charge in [-0.25, -0.2) is 4.39 Å². The molecule has 0 spiro atoms. The minimum absolute atomic E-state index is 0.0408. The van der Waals surface area contributed by atoms with Gasteiger partial charge in [-0.1, -0.05) is 0 Å². The van der Waals surface area contributed by atoms with Crippen LogP contribution < -0.4 is 5.73 Å². The SMILES string of the molecule is CC(C)N(CCO)C(=O)c1ccc(F)c(N)c1. The Morgan fingerprint density at radius 2 is 2.18 bits per heavy atom. The molecular weight excluding hydrogens is 223 g/mol. The number of hydrogen-bond acceptors (Lipinski definition) is 3. The minimum atomic E-state index is -0.542. The highest BCUT2D eigenvalue weighted by atomic mass is 19.1. The summed E-state index contributed by atoms with van der Waals surface area (Å²) in [5.41, 5.74) is 5.69. The fourth-order valence-electron chi connectivity index (χ4n) is 1.54. The smallest absolute Gasteiger partial charge is 0.254 e. The number of aliphatic hydroxyl groups excluding tert-OH is 1. The number of nitrogens with two attached hydrogens (primary N) is 1. The molecule has 0 atom stereocenters. The van der Waals surface area contributed by atoms with E-state index in [9.17, 15) is 9.18 Å². The lowest BCUT2D eigenvalue weighted by molar-refractivity contribution is 0.0665. The summed E-state index contributed by atoms with van der Waals surface area (Å²) in [7, 11) is 0. The van der Waals surface area contributed by atoms with Crippen LogP contribution in [0.1, 0.15) is 24.2 Å². The Hall–Kier alpha value is -1.62. The monoisotopic (exact) mass is 240 g/mol. The van der Waals surface area contributed by atoms with Crippen LogP contribution in [0.4, 0.5) is 10.1 Å². The van der Waals surface area contributed by atoms with Gasteiger partial charge >= 0.3 is 0 Å². The van der Waals surface area contributed by atoms with Crippen LogP contribution in [0.5, 0.6) is 0 Å². The van der Waals surface area contributed by atoms with E-state index in [0.717, 1.165) is 0 Å². The van der Waals surface area contributed by atoms with Crippen molar-refractivity contribution in [1.29, 1.82) is 0 Å². The first-order valence-electron chi connectivity index (χ1n) is 5.44. The van der Waals surface area contributed by atoms with Crippen molar-refractivity contribution in [2.24, 2.45) is 0 Å². The first-order chi connectivity index (χ1) is 7.97. The lowest BCUT2D eigenvalue weighted by Gasteiger charge is -2.26. The Balaban J connectivity index is 2.97. The second kappa shape index (κ2) is 5.63. The molecule has 5 heteroatoms. The highest BCUT2D eigenvalue weighted by molar-refractivity contribution is 5.95. The van der Waals surface area contributed by atoms with E-state index >= 15 is 0 Å². The molecule has 1 amide bonds. The van der Waals surface area contributed by atoms with E-state index in [2.05, 4.69) is 0 Å². The van der Waals surface area contributed by atoms with E-state index in [1.807, 2.05) is 13.8 Å². The van der Waals surface area contributed by atoms with Crippen LogP contribution in [0.2, 0.25) is 0 Å². The van der Waals surface area contributed by atoms with Gasteiger partial charge in [-0.2, -0.15) is 0 Å². The average molecular weight is 240 g/mol. The number of hydrogen-bond donors (Lipinski definition) is 2. The quantitative estimate of drug-likeness (QED) is 0.778. The molecule has 0 bridgehead atoms. The third-order valence-corrected chi connectivity index (χ3v) is 2.47. The Labute approximate surface area is 99.8 Å². The Bertz CT molecular complexity index is 407. The first-order valence-corrected chi connectivity index (χ1v) is 5.44. The van der Waals surface area contributed by atoms with E-state index in [-0.39, 0.29) is 30.8 Å². The van der Waals surface area contributed by atoms with Gasteiger partial charge in [0, 0.05) is 18.2 Å². The lowest BCUT2D eigenvalue weighted by atomic mass is 10.1. The Kier molecular flexibility index (Phi) is 4.45. The molecule has 1 rings (SSSR count). The number of amides is 1. The van der Waals surface area contributed by atoms with Gasteiger partial charge in [0.1, 0.15) is 5.82 Å². The zero-order chi connectivity index (χ0) is 13.0. The second-order valence-corrected chi connectivity index (χ2v) is 4.05. The predicted molar refractivity (Wildman–Crippen MR) is 64.1 cm³/mol. The molecule has 94 valence electrons. The molecule has 0 saturated heterocycles. The van der Waals surface area contributed by atoms with Gasteiger partial charge in [0.2, 0.25) is 0 Å². The van der Waals surface area contributed by atoms with E-state index in [1.54, 1.807) is 0 Å². The third kappa shape index (κ3) is 3.17. The van der Waals surface area contributed by atoms with Crippen LogP contribution in [0.15, 0.2) is 18.2 Å². The molecule has 0 aliphatic carbocycles. The second-order valence-electron chi connectivity index (χ2n) is 4.05. The molecule has 3 N–H and O–H groups in total. The Morgan fingerprint density at radius 1 is 1.53 bits per heavy atom. The first kappa shape index (κ1) is 13.4. The van der Waals surface area contributed by atoms with Gasteiger partial charge < -0.3 is 15.7 Å². The highest BCUT2D eigenvalue weighted by Crippen LogP contribution is 2.15. The minimum Gasteiger partial charge on any atom is -0.396 e. The summed E-state index contributed by atoms with van der Waals surface area (Å²) in [6.07, 6.45) is 0. The van der Waals surface area contributed by atoms with Crippen molar-refractivity contribution in [1.82, 2.24) is 4.90 Å². The molecule has 1 aromatic rings. The molecule has 0 aliphatic heterocycles. The molecule has 4 nitrogen and oxygen atoms in total. The number of carbonyl (C=O) groups excluding carboxylic acids is 1. The van der Waals surface area contributed by atoms with E-state index in [0.29, 0.717) is 5.56 Å². The number of rotatable bonds is 4. The number of nitrogen functional groups attached to an aromatic ring is 1. The Morgan fingerprint density at radius 3 is 2.65 bits per heavy atom. The maximum atomic E-state index is 13.0. The molecule has 1 aromatic carbocycles. The zero-order valence-electron chi connectivity index (χ0n) is 9.98. The number of halogens is 1. The van der Waals surface area contributed by atoms with Crippen molar-refractivity contribution in [2.75, 3.05) is 18.9 Å². The van der Waals surface area contributed by atoms with Crippen molar-refractivity contribution in [2.45, 2.75) is 19.9 Å². The fraction of sp³-hybridized carbons (Fsp3) is 0.417. The van der Waals surface area contributed by atoms with E-state index in [1.165, 1.54) is 23.1 Å². The molecular formula is C12H17FN2O2. The lowest BCUT2D eigenvalue weighted by Crippen LogP contribution is -2.39. The molecule has 0 aromatic heterocycles. The molecule has 0 aliphatic rings. The summed E-state index contributed by atoms with van der Waals surface area (Å²) in [6, 6.07) is 3.83. The number of benzene rings is 1. The molecule has 0 radical (unpaired) electrons. The van der Waals surface area contributed by atoms with Gasteiger partial charge in [0.15, 0.2) is 0 Å². The largest absolute Gasteiger partial charge is 0.396 e. The summed E-state index contributed by atoms with van der Waals surface area (Å²) in [6.45, 7) is 3.83. The van der Waals surface area contributed by atoms with Gasteiger partial charge in [0.25, 0.3) is 5.91 Å². The van der Waals surface area contributed by atoms with E-state index < -0.39 is 5.82 Å². The van der Waals surface area contributed by atoms with Crippen LogP contribution in [-0.2, 0) is 0 Å². The maximum Gasteiger partial charge on any atom is 0.254 e. The normalized spacial score (nSPS) is 10.6. The van der Waals surface area contributed by atoms with Crippen molar-refractivity contribution in [3.8, 4) is 0 Å². The van der Waals surface area contributed by atoms with Crippen LogP contribution in [0.25, 0.3) is 0 Å². The van der Waals surface area contributed by atoms with E-state index in [4.69, 9.17) is 10.8 Å². The van der Waals surface area contributed by atoms with Crippen LogP contribution in [0, 0.1) is 5.82 Å². The van der Waals surface area contributed by atoms with Crippen molar-refractivity contribution in [3.05, 3.63) is 29.6 Å². The van der Waals surface area contributed by atoms with Crippen molar-refractivity contribution in [3.63, 3.8) is 0 Å². The summed E-state index contributed by atoms with van der Waals surface area (Å²) < 4.78 is 13.0. The molecule has 0 unspecified atom stereocenters. The molecule has 0 saturated carbocycles. The maximum absolute atomic E-state index is 13.0. The summed E-state index contributed by atoms with van der Waals surface area (Å²) in [5, 5.41) is 8.90. The predicted octanol–water partition coefficient (Wildman–Crippen LogP) is 1.25. The third-order valence-electron chi connectivity index (χ3n) is 2.47. The van der Waals surface area contributed by atoms with Gasteiger partial charge in [0.05, 0.1) is 12.3 Å². The molecule has 0 heterocycles. The molecule has 0 fully saturated rings. The van der Waals surface area contributed by atoms with Gasteiger partial charge in [-0.05, 0) is 32.0 Å². The summed E-state index contributed by atoms with van der Waals surface area (Å²) >= 11 is 0. The summed E-state index contributed by atoms with van der Waals surface area (Å²) in [5.74, 6) is -0.805. The standard InChI is InChI=1S/C12H17FN2O2/c1-8(2)15(5-6-16)12(17)9-3-4-10(13)11(14)7-9/h3-4,7-8,16H,5-6,14H2,1-2H3. The van der Waals surface area contributed by atoms with Crippen molar-refractivity contribution >= 4 is 11.6 Å². The number of aliphatic hydroxyl groups is 1. The number of carbonyl (C=O) groups is 1. The number of anilines is 1. The van der Waals surface area contributed by atoms with Crippen LogP contribution >= 0.6 is 0 Å². The topological polar surface area (TPSA) is 66.6 Å². The van der Waals surface area contributed by atoms with Gasteiger partial charge in [-0.3, -0.25) is 4.79 Å². The molecule has 17 heavy (non-hydrogen) atoms. The van der Waals surface area contributed by atoms with Gasteiger partial charge in [-0.15, -0.1) is 0 Å². The highest BCUT2D eigenvalue weighted by Gasteiger charge is 2.18. The fourth-order valence-corrected chi connectivity index (χ4v) is 1.54. The van der Waals surface area contributed by atoms with Crippen LogP contribution in [0.3, 0.4) is 0 Å². The summed E-state index contributed by atoms with van der Waals surface area (Å²) in [4.78, 5) is 13.6. The average Bonchev–Trinajstić information content (AvgIpc) is 2.28. The zero-order valence-corrected chi connectivity index (χ0v) is 9.98. The van der Waals surface area contributed by atoms with Crippen LogP contribution in [-0.4, -0.2) is 35.1 Å². The number of nitrogens with zero attached hydrogens (tertiary/aromatic N) is 1.